The molecule has 8 heteroatoms. The number of aromatic nitrogens is 2. The fourth-order valence-corrected chi connectivity index (χ4v) is 2.18. The summed E-state index contributed by atoms with van der Waals surface area (Å²) in [5.74, 6) is 2.63. The topological polar surface area (TPSA) is 98.5 Å². The van der Waals surface area contributed by atoms with Crippen molar-refractivity contribution in [2.24, 2.45) is 0 Å². The van der Waals surface area contributed by atoms with Gasteiger partial charge in [0.05, 0.1) is 19.0 Å². The van der Waals surface area contributed by atoms with E-state index in [1.165, 1.54) is 6.20 Å². The second-order valence-corrected chi connectivity index (χ2v) is 5.37. The van der Waals surface area contributed by atoms with Gasteiger partial charge in [0.25, 0.3) is 5.91 Å². The van der Waals surface area contributed by atoms with Crippen LogP contribution in [0.3, 0.4) is 0 Å². The Hall–Kier alpha value is -3.55. The highest BCUT2D eigenvalue weighted by molar-refractivity contribution is 5.91. The van der Waals surface area contributed by atoms with Gasteiger partial charge in [0.2, 0.25) is 0 Å². The van der Waals surface area contributed by atoms with Crippen LogP contribution in [0.1, 0.15) is 5.76 Å². The van der Waals surface area contributed by atoms with E-state index in [2.05, 4.69) is 20.8 Å². The fraction of sp³-hybridized carbons (Fsp3) is 0.167. The Morgan fingerprint density at radius 2 is 1.96 bits per heavy atom. The summed E-state index contributed by atoms with van der Waals surface area (Å²) in [6.07, 6.45) is 1.54. The van der Waals surface area contributed by atoms with Crippen LogP contribution in [0.5, 0.6) is 11.5 Å². The number of para-hydroxylation sites is 2. The molecule has 2 N–H and O–H groups in total. The monoisotopic (exact) mass is 354 g/mol. The second kappa shape index (κ2) is 8.02. The first-order valence-electron chi connectivity index (χ1n) is 7.86. The maximum atomic E-state index is 12.0. The molecule has 3 aromatic rings. The van der Waals surface area contributed by atoms with E-state index in [-0.39, 0.29) is 12.5 Å². The second-order valence-electron chi connectivity index (χ2n) is 5.37. The van der Waals surface area contributed by atoms with Crippen LogP contribution in [0.2, 0.25) is 0 Å². The van der Waals surface area contributed by atoms with Gasteiger partial charge in [-0.05, 0) is 31.2 Å². The van der Waals surface area contributed by atoms with E-state index in [0.29, 0.717) is 34.6 Å². The Kier molecular flexibility index (Phi) is 5.33. The Balaban J connectivity index is 1.52. The predicted molar refractivity (Wildman–Crippen MR) is 95.9 cm³/mol. The number of carbonyl (C=O) groups excluding carboxylic acids is 1. The Morgan fingerprint density at radius 1 is 1.15 bits per heavy atom. The number of anilines is 3. The number of hydrogen-bond donors (Lipinski definition) is 2. The normalized spacial score (nSPS) is 10.2. The molecule has 0 atom stereocenters. The zero-order valence-corrected chi connectivity index (χ0v) is 14.4. The molecule has 134 valence electrons. The first-order valence-corrected chi connectivity index (χ1v) is 7.86. The molecule has 0 bridgehead atoms. The highest BCUT2D eigenvalue weighted by Gasteiger charge is 2.08. The number of ether oxygens (including phenoxy) is 2. The van der Waals surface area contributed by atoms with Gasteiger partial charge in [0.15, 0.2) is 23.9 Å². The summed E-state index contributed by atoms with van der Waals surface area (Å²) in [5.41, 5.74) is 0.556. The van der Waals surface area contributed by atoms with Gasteiger partial charge in [-0.25, -0.2) is 4.98 Å². The first kappa shape index (κ1) is 17.3. The van der Waals surface area contributed by atoms with E-state index in [1.807, 2.05) is 12.1 Å². The van der Waals surface area contributed by atoms with E-state index in [9.17, 15) is 4.79 Å². The maximum absolute atomic E-state index is 12.0. The molecular formula is C18H18N4O4. The number of nitrogens with zero attached hydrogens (tertiary/aromatic N) is 2. The Morgan fingerprint density at radius 3 is 2.62 bits per heavy atom. The standard InChI is InChI=1S/C18H18N4O4/c1-12-9-17(22-26-12)21-16-8-7-13(10-19-16)20-18(23)11-25-15-6-4-3-5-14(15)24-2/h3-10H,11H2,1-2H3,(H,20,23)(H,19,21,22). The molecular weight excluding hydrogens is 336 g/mol. The summed E-state index contributed by atoms with van der Waals surface area (Å²) in [6, 6.07) is 12.3. The number of hydrogen-bond acceptors (Lipinski definition) is 7. The number of methoxy groups -OCH3 is 1. The first-order chi connectivity index (χ1) is 12.6. The van der Waals surface area contributed by atoms with E-state index in [0.717, 1.165) is 0 Å². The molecule has 8 nitrogen and oxygen atoms in total. The molecule has 26 heavy (non-hydrogen) atoms. The summed E-state index contributed by atoms with van der Waals surface area (Å²) >= 11 is 0. The molecule has 1 aromatic carbocycles. The molecule has 0 saturated carbocycles. The zero-order valence-electron chi connectivity index (χ0n) is 14.4. The highest BCUT2D eigenvalue weighted by atomic mass is 16.5. The van der Waals surface area contributed by atoms with Gasteiger partial charge in [-0.15, -0.1) is 0 Å². The number of nitrogens with one attached hydrogen (secondary N) is 2. The number of rotatable bonds is 7. The van der Waals surface area contributed by atoms with Gasteiger partial charge in [0.1, 0.15) is 11.6 Å². The van der Waals surface area contributed by atoms with Gasteiger partial charge in [0, 0.05) is 6.07 Å². The van der Waals surface area contributed by atoms with Crippen molar-refractivity contribution >= 4 is 23.2 Å². The van der Waals surface area contributed by atoms with Crippen LogP contribution in [-0.2, 0) is 4.79 Å². The SMILES string of the molecule is COc1ccccc1OCC(=O)Nc1ccc(Nc2cc(C)on2)nc1. The van der Waals surface area contributed by atoms with Crippen LogP contribution >= 0.6 is 0 Å². The quantitative estimate of drug-likeness (QED) is 0.672. The van der Waals surface area contributed by atoms with Gasteiger partial charge in [-0.3, -0.25) is 4.79 Å². The van der Waals surface area contributed by atoms with Crippen LogP contribution in [0.4, 0.5) is 17.3 Å². The Labute approximate surface area is 150 Å². The third-order valence-electron chi connectivity index (χ3n) is 3.36. The van der Waals surface area contributed by atoms with Crippen molar-refractivity contribution < 1.29 is 18.8 Å². The lowest BCUT2D eigenvalue weighted by Crippen LogP contribution is -2.20. The average molecular weight is 354 g/mol. The molecule has 0 radical (unpaired) electrons. The minimum Gasteiger partial charge on any atom is -0.493 e. The van der Waals surface area contributed by atoms with E-state index < -0.39 is 0 Å². The zero-order chi connectivity index (χ0) is 18.4. The maximum Gasteiger partial charge on any atom is 0.262 e. The molecule has 1 amide bonds. The van der Waals surface area contributed by atoms with Crippen molar-refractivity contribution in [2.75, 3.05) is 24.4 Å². The van der Waals surface area contributed by atoms with Crippen LogP contribution in [0.15, 0.2) is 53.2 Å². The molecule has 3 rings (SSSR count). The van der Waals surface area contributed by atoms with Gasteiger partial charge < -0.3 is 24.6 Å². The number of amides is 1. The number of benzene rings is 1. The lowest BCUT2D eigenvalue weighted by atomic mass is 10.3. The summed E-state index contributed by atoms with van der Waals surface area (Å²) < 4.78 is 15.6. The van der Waals surface area contributed by atoms with Crippen LogP contribution in [0, 0.1) is 6.92 Å². The van der Waals surface area contributed by atoms with Crippen molar-refractivity contribution in [2.45, 2.75) is 6.92 Å². The molecule has 0 spiro atoms. The number of carbonyl (C=O) groups is 1. The van der Waals surface area contributed by atoms with Crippen molar-refractivity contribution in [1.29, 1.82) is 0 Å². The minimum absolute atomic E-state index is 0.140. The molecule has 0 aliphatic heterocycles. The van der Waals surface area contributed by atoms with E-state index in [4.69, 9.17) is 14.0 Å². The molecule has 0 aliphatic carbocycles. The van der Waals surface area contributed by atoms with Crippen LogP contribution in [-0.4, -0.2) is 29.8 Å². The molecule has 0 fully saturated rings. The van der Waals surface area contributed by atoms with Crippen LogP contribution in [0.25, 0.3) is 0 Å². The van der Waals surface area contributed by atoms with E-state index in [1.54, 1.807) is 44.4 Å². The van der Waals surface area contributed by atoms with Crippen molar-refractivity contribution in [3.8, 4) is 11.5 Å². The molecule has 0 unspecified atom stereocenters. The third-order valence-corrected chi connectivity index (χ3v) is 3.36. The highest BCUT2D eigenvalue weighted by Crippen LogP contribution is 2.25. The average Bonchev–Trinajstić information content (AvgIpc) is 3.06. The van der Waals surface area contributed by atoms with Gasteiger partial charge >= 0.3 is 0 Å². The molecule has 0 saturated heterocycles. The van der Waals surface area contributed by atoms with E-state index >= 15 is 0 Å². The fourth-order valence-electron chi connectivity index (χ4n) is 2.18. The third kappa shape index (κ3) is 4.50. The van der Waals surface area contributed by atoms with Crippen molar-refractivity contribution in [3.05, 3.63) is 54.4 Å². The number of aryl methyl sites for hydroxylation is 1. The molecule has 2 aromatic heterocycles. The van der Waals surface area contributed by atoms with Crippen molar-refractivity contribution in [1.82, 2.24) is 10.1 Å². The summed E-state index contributed by atoms with van der Waals surface area (Å²) in [5, 5.41) is 9.54. The van der Waals surface area contributed by atoms with Crippen LogP contribution < -0.4 is 20.1 Å². The van der Waals surface area contributed by atoms with Crippen molar-refractivity contribution in [3.63, 3.8) is 0 Å². The molecule has 0 aliphatic rings. The summed E-state index contributed by atoms with van der Waals surface area (Å²) in [6.45, 7) is 1.66. The van der Waals surface area contributed by atoms with Gasteiger partial charge in [-0.1, -0.05) is 17.3 Å². The number of pyridine rings is 1. The summed E-state index contributed by atoms with van der Waals surface area (Å²) in [7, 11) is 1.55. The Bertz CT molecular complexity index is 877. The lowest BCUT2D eigenvalue weighted by molar-refractivity contribution is -0.118. The smallest absolute Gasteiger partial charge is 0.262 e. The molecule has 2 heterocycles. The minimum atomic E-state index is -0.300. The van der Waals surface area contributed by atoms with Gasteiger partial charge in [-0.2, -0.15) is 0 Å². The lowest BCUT2D eigenvalue weighted by Gasteiger charge is -2.10. The summed E-state index contributed by atoms with van der Waals surface area (Å²) in [4.78, 5) is 16.2. The largest absolute Gasteiger partial charge is 0.493 e. The predicted octanol–water partition coefficient (Wildman–Crippen LogP) is 3.15.